The monoisotopic (exact) mass is 542 g/mol. The highest BCUT2D eigenvalue weighted by Gasteiger charge is 2.34. The van der Waals surface area contributed by atoms with Crippen LogP contribution in [0.15, 0.2) is 70.1 Å². The summed E-state index contributed by atoms with van der Waals surface area (Å²) in [6, 6.07) is 17.4. The summed E-state index contributed by atoms with van der Waals surface area (Å²) in [6.45, 7) is 5.07. The Kier molecular flexibility index (Phi) is 7.06. The molecule has 1 atom stereocenters. The largest absolute Gasteiger partial charge is 0.468 e. The fourth-order valence-corrected chi connectivity index (χ4v) is 5.87. The van der Waals surface area contributed by atoms with Crippen LogP contribution in [0.2, 0.25) is 5.02 Å². The number of furan rings is 1. The molecule has 1 fully saturated rings. The van der Waals surface area contributed by atoms with E-state index in [4.69, 9.17) is 16.0 Å². The molecule has 0 aliphatic heterocycles. The fourth-order valence-electron chi connectivity index (χ4n) is 5.75. The van der Waals surface area contributed by atoms with Gasteiger partial charge in [-0.05, 0) is 84.1 Å². The second-order valence-electron chi connectivity index (χ2n) is 10.5. The molecule has 1 aliphatic rings. The van der Waals surface area contributed by atoms with Crippen molar-refractivity contribution in [1.82, 2.24) is 30.1 Å². The summed E-state index contributed by atoms with van der Waals surface area (Å²) in [6.07, 6.45) is 6.00. The van der Waals surface area contributed by atoms with E-state index < -0.39 is 6.04 Å². The summed E-state index contributed by atoms with van der Waals surface area (Å²) in [4.78, 5) is 19.3. The summed E-state index contributed by atoms with van der Waals surface area (Å²) in [5.74, 6) is 1.45. The van der Waals surface area contributed by atoms with Crippen LogP contribution in [0.1, 0.15) is 71.6 Å². The van der Waals surface area contributed by atoms with Gasteiger partial charge in [0.15, 0.2) is 5.82 Å². The van der Waals surface area contributed by atoms with E-state index in [-0.39, 0.29) is 11.6 Å². The Morgan fingerprint density at radius 2 is 1.85 bits per heavy atom. The lowest BCUT2D eigenvalue weighted by molar-refractivity contribution is 0.176. The molecule has 2 aromatic carbocycles. The molecule has 9 heteroatoms. The van der Waals surface area contributed by atoms with Crippen LogP contribution in [0.5, 0.6) is 0 Å². The van der Waals surface area contributed by atoms with Crippen LogP contribution < -0.4 is 5.56 Å². The number of hydrogen-bond donors (Lipinski definition) is 1. The van der Waals surface area contributed by atoms with Crippen molar-refractivity contribution in [2.24, 2.45) is 0 Å². The number of benzene rings is 2. The standard InChI is InChI=1S/C30H31ClN6O2/c1-19-9-10-20(2)27-25(19)16-26(30(38)32-27)28(29-33-34-35-37(29)23-6-3-4-7-23)36(18-24-8-5-15-39-24)17-21-11-13-22(31)14-12-21/h5,8-16,23,28H,3-4,6-7,17-18H2,1-2H3,(H,32,38)/t28-/m0/s1. The maximum absolute atomic E-state index is 13.9. The number of aryl methyl sites for hydroxylation is 2. The molecule has 3 aromatic heterocycles. The number of fused-ring (bicyclic) bond motifs is 1. The van der Waals surface area contributed by atoms with Crippen molar-refractivity contribution in [3.63, 3.8) is 0 Å². The Morgan fingerprint density at radius 1 is 1.08 bits per heavy atom. The third kappa shape index (κ3) is 5.14. The quantitative estimate of drug-likeness (QED) is 0.248. The van der Waals surface area contributed by atoms with E-state index in [0.29, 0.717) is 29.5 Å². The number of nitrogens with zero attached hydrogens (tertiary/aromatic N) is 5. The van der Waals surface area contributed by atoms with Gasteiger partial charge in [-0.3, -0.25) is 9.69 Å². The van der Waals surface area contributed by atoms with Crippen LogP contribution in [0.3, 0.4) is 0 Å². The molecule has 200 valence electrons. The van der Waals surface area contributed by atoms with E-state index >= 15 is 0 Å². The third-order valence-electron chi connectivity index (χ3n) is 7.80. The number of halogens is 1. The highest BCUT2D eigenvalue weighted by atomic mass is 35.5. The Morgan fingerprint density at radius 3 is 2.59 bits per heavy atom. The number of tetrazole rings is 1. The first-order valence-electron chi connectivity index (χ1n) is 13.4. The van der Waals surface area contributed by atoms with Crippen LogP contribution in [0, 0.1) is 13.8 Å². The fraction of sp³-hybridized carbons (Fsp3) is 0.333. The number of nitrogens with one attached hydrogen (secondary N) is 1. The average Bonchev–Trinajstić information content (AvgIpc) is 3.72. The lowest BCUT2D eigenvalue weighted by Crippen LogP contribution is -2.35. The number of pyridine rings is 1. The van der Waals surface area contributed by atoms with Crippen LogP contribution in [0.25, 0.3) is 10.9 Å². The molecule has 0 unspecified atom stereocenters. The van der Waals surface area contributed by atoms with Gasteiger partial charge in [0.25, 0.3) is 5.56 Å². The summed E-state index contributed by atoms with van der Waals surface area (Å²) in [5, 5.41) is 14.8. The highest BCUT2D eigenvalue weighted by Crippen LogP contribution is 2.35. The van der Waals surface area contributed by atoms with Gasteiger partial charge < -0.3 is 9.40 Å². The molecule has 6 rings (SSSR count). The Bertz CT molecular complexity index is 1630. The number of aromatic nitrogens is 5. The van der Waals surface area contributed by atoms with Crippen LogP contribution in [-0.2, 0) is 13.1 Å². The molecule has 0 amide bonds. The molecule has 1 N–H and O–H groups in total. The smallest absolute Gasteiger partial charge is 0.253 e. The van der Waals surface area contributed by atoms with E-state index in [9.17, 15) is 4.79 Å². The molecule has 0 saturated heterocycles. The number of rotatable bonds is 8. The second-order valence-corrected chi connectivity index (χ2v) is 10.9. The minimum atomic E-state index is -0.519. The molecule has 5 aromatic rings. The lowest BCUT2D eigenvalue weighted by Gasteiger charge is -2.31. The van der Waals surface area contributed by atoms with E-state index in [1.807, 2.05) is 60.1 Å². The lowest BCUT2D eigenvalue weighted by atomic mass is 9.98. The normalized spacial score (nSPS) is 15.0. The minimum Gasteiger partial charge on any atom is -0.468 e. The van der Waals surface area contributed by atoms with E-state index in [0.717, 1.165) is 59.0 Å². The van der Waals surface area contributed by atoms with Gasteiger partial charge in [0.05, 0.1) is 24.4 Å². The predicted octanol–water partition coefficient (Wildman–Crippen LogP) is 6.28. The first-order valence-corrected chi connectivity index (χ1v) is 13.8. The molecule has 8 nitrogen and oxygen atoms in total. The number of aromatic amines is 1. The van der Waals surface area contributed by atoms with Gasteiger partial charge in [-0.15, -0.1) is 5.10 Å². The SMILES string of the molecule is Cc1ccc(C)c2[nH]c(=O)c([C@@H](c3nnnn3C3CCCC3)N(Cc3ccc(Cl)cc3)Cc3ccco3)cc12. The number of H-pyrrole nitrogens is 1. The molecule has 0 radical (unpaired) electrons. The highest BCUT2D eigenvalue weighted by molar-refractivity contribution is 6.30. The van der Waals surface area contributed by atoms with Gasteiger partial charge in [0.1, 0.15) is 11.8 Å². The molecule has 3 heterocycles. The van der Waals surface area contributed by atoms with Gasteiger partial charge in [0.2, 0.25) is 0 Å². The molecule has 0 spiro atoms. The van der Waals surface area contributed by atoms with Crippen molar-refractivity contribution >= 4 is 22.5 Å². The van der Waals surface area contributed by atoms with Gasteiger partial charge in [-0.2, -0.15) is 0 Å². The predicted molar refractivity (Wildman–Crippen MR) is 151 cm³/mol. The maximum atomic E-state index is 13.9. The summed E-state index contributed by atoms with van der Waals surface area (Å²) in [5.41, 5.74) is 4.49. The van der Waals surface area contributed by atoms with Crippen molar-refractivity contribution < 1.29 is 4.42 Å². The van der Waals surface area contributed by atoms with Gasteiger partial charge in [-0.25, -0.2) is 4.68 Å². The third-order valence-corrected chi connectivity index (χ3v) is 8.06. The van der Waals surface area contributed by atoms with E-state index in [1.54, 1.807) is 6.26 Å². The topological polar surface area (TPSA) is 92.8 Å². The van der Waals surface area contributed by atoms with Crippen molar-refractivity contribution in [3.05, 3.63) is 110 Å². The van der Waals surface area contributed by atoms with Gasteiger partial charge in [0, 0.05) is 22.5 Å². The Labute approximate surface area is 231 Å². The first kappa shape index (κ1) is 25.5. The van der Waals surface area contributed by atoms with Crippen LogP contribution >= 0.6 is 11.6 Å². The van der Waals surface area contributed by atoms with E-state index in [1.165, 1.54) is 0 Å². The van der Waals surface area contributed by atoms with Crippen LogP contribution in [-0.4, -0.2) is 30.1 Å². The zero-order valence-corrected chi connectivity index (χ0v) is 22.9. The average molecular weight is 543 g/mol. The van der Waals surface area contributed by atoms with Crippen molar-refractivity contribution in [2.45, 2.75) is 64.7 Å². The summed E-state index contributed by atoms with van der Waals surface area (Å²) >= 11 is 6.20. The maximum Gasteiger partial charge on any atom is 0.253 e. The number of hydrogen-bond acceptors (Lipinski definition) is 6. The van der Waals surface area contributed by atoms with Crippen LogP contribution in [0.4, 0.5) is 0 Å². The Hall–Kier alpha value is -3.75. The first-order chi connectivity index (χ1) is 19.0. The molecular weight excluding hydrogens is 512 g/mol. The van der Waals surface area contributed by atoms with Gasteiger partial charge >= 0.3 is 0 Å². The Balaban J connectivity index is 1.55. The molecular formula is C30H31ClN6O2. The summed E-state index contributed by atoms with van der Waals surface area (Å²) in [7, 11) is 0. The zero-order chi connectivity index (χ0) is 26.9. The van der Waals surface area contributed by atoms with E-state index in [2.05, 4.69) is 38.4 Å². The molecule has 39 heavy (non-hydrogen) atoms. The molecule has 0 bridgehead atoms. The zero-order valence-electron chi connectivity index (χ0n) is 22.1. The second kappa shape index (κ2) is 10.8. The van der Waals surface area contributed by atoms with Crippen molar-refractivity contribution in [1.29, 1.82) is 0 Å². The van der Waals surface area contributed by atoms with Crippen molar-refractivity contribution in [2.75, 3.05) is 0 Å². The molecule has 1 saturated carbocycles. The molecule has 1 aliphatic carbocycles. The summed E-state index contributed by atoms with van der Waals surface area (Å²) < 4.78 is 7.73. The van der Waals surface area contributed by atoms with Crippen molar-refractivity contribution in [3.8, 4) is 0 Å². The minimum absolute atomic E-state index is 0.150. The van der Waals surface area contributed by atoms with Gasteiger partial charge in [-0.1, -0.05) is 48.7 Å².